The SMILES string of the molecule is C=C[C@]1(C)C[C@H]2CC[C@@H](C1)N2C. The fraction of sp³-hybridized carbons (Fsp3) is 0.818. The Labute approximate surface area is 75.4 Å². The molecule has 68 valence electrons. The Morgan fingerprint density at radius 1 is 1.33 bits per heavy atom. The van der Waals surface area contributed by atoms with Gasteiger partial charge < -0.3 is 4.90 Å². The lowest BCUT2D eigenvalue weighted by Crippen LogP contribution is -2.43. The summed E-state index contributed by atoms with van der Waals surface area (Å²) in [5, 5.41) is 0. The monoisotopic (exact) mass is 165 g/mol. The van der Waals surface area contributed by atoms with Gasteiger partial charge in [0.25, 0.3) is 0 Å². The zero-order valence-electron chi connectivity index (χ0n) is 8.21. The van der Waals surface area contributed by atoms with E-state index in [1.54, 1.807) is 0 Å². The molecule has 1 heteroatoms. The van der Waals surface area contributed by atoms with Gasteiger partial charge in [0, 0.05) is 12.1 Å². The molecular formula is C11H19N. The summed E-state index contributed by atoms with van der Waals surface area (Å²) in [5.41, 5.74) is 0.429. The number of nitrogens with zero attached hydrogens (tertiary/aromatic N) is 1. The Kier molecular flexibility index (Phi) is 1.80. The van der Waals surface area contributed by atoms with Crippen LogP contribution in [0.5, 0.6) is 0 Å². The van der Waals surface area contributed by atoms with Gasteiger partial charge in [0.1, 0.15) is 0 Å². The standard InChI is InChI=1S/C11H19N/c1-4-11(2)7-9-5-6-10(8-11)12(9)3/h4,9-10H,1,5-8H2,2-3H3/t9-,10+,11-. The third kappa shape index (κ3) is 1.11. The quantitative estimate of drug-likeness (QED) is 0.539. The first-order chi connectivity index (χ1) is 5.64. The van der Waals surface area contributed by atoms with Gasteiger partial charge in [-0.15, -0.1) is 6.58 Å². The molecule has 0 unspecified atom stereocenters. The molecule has 0 spiro atoms. The average Bonchev–Trinajstić information content (AvgIpc) is 2.32. The lowest BCUT2D eigenvalue weighted by Gasteiger charge is -2.41. The second-order valence-corrected chi connectivity index (χ2v) is 4.82. The van der Waals surface area contributed by atoms with Crippen molar-refractivity contribution in [3.8, 4) is 0 Å². The van der Waals surface area contributed by atoms with Crippen LogP contribution in [-0.4, -0.2) is 24.0 Å². The molecular weight excluding hydrogens is 146 g/mol. The predicted octanol–water partition coefficient (Wildman–Crippen LogP) is 2.44. The van der Waals surface area contributed by atoms with E-state index >= 15 is 0 Å². The van der Waals surface area contributed by atoms with Crippen molar-refractivity contribution in [1.29, 1.82) is 0 Å². The van der Waals surface area contributed by atoms with Crippen molar-refractivity contribution in [3.63, 3.8) is 0 Å². The summed E-state index contributed by atoms with van der Waals surface area (Å²) >= 11 is 0. The van der Waals surface area contributed by atoms with Crippen molar-refractivity contribution in [3.05, 3.63) is 12.7 Å². The van der Waals surface area contributed by atoms with Crippen LogP contribution < -0.4 is 0 Å². The summed E-state index contributed by atoms with van der Waals surface area (Å²) in [6, 6.07) is 1.68. The minimum atomic E-state index is 0.429. The maximum atomic E-state index is 3.96. The van der Waals surface area contributed by atoms with Crippen LogP contribution in [-0.2, 0) is 0 Å². The van der Waals surface area contributed by atoms with Crippen molar-refractivity contribution in [2.75, 3.05) is 7.05 Å². The Morgan fingerprint density at radius 2 is 1.83 bits per heavy atom. The molecule has 0 aliphatic carbocycles. The molecule has 2 aliphatic heterocycles. The van der Waals surface area contributed by atoms with E-state index < -0.39 is 0 Å². The van der Waals surface area contributed by atoms with Crippen LogP contribution >= 0.6 is 0 Å². The van der Waals surface area contributed by atoms with E-state index in [4.69, 9.17) is 0 Å². The second-order valence-electron chi connectivity index (χ2n) is 4.82. The highest BCUT2D eigenvalue weighted by atomic mass is 15.2. The van der Waals surface area contributed by atoms with E-state index in [1.807, 2.05) is 0 Å². The largest absolute Gasteiger partial charge is 0.300 e. The summed E-state index contributed by atoms with van der Waals surface area (Å²) in [4.78, 5) is 2.57. The molecule has 2 rings (SSSR count). The van der Waals surface area contributed by atoms with Crippen LogP contribution in [0.4, 0.5) is 0 Å². The minimum absolute atomic E-state index is 0.429. The first-order valence-corrected chi connectivity index (χ1v) is 5.00. The number of hydrogen-bond acceptors (Lipinski definition) is 1. The molecule has 0 saturated carbocycles. The minimum Gasteiger partial charge on any atom is -0.300 e. The van der Waals surface area contributed by atoms with Gasteiger partial charge in [0.15, 0.2) is 0 Å². The Hall–Kier alpha value is -0.300. The number of allylic oxidation sites excluding steroid dienone is 1. The summed E-state index contributed by atoms with van der Waals surface area (Å²) in [6.07, 6.45) is 7.63. The van der Waals surface area contributed by atoms with E-state index in [0.29, 0.717) is 5.41 Å². The normalized spacial score (nSPS) is 47.8. The fourth-order valence-electron chi connectivity index (χ4n) is 2.91. The smallest absolute Gasteiger partial charge is 0.0104 e. The molecule has 0 radical (unpaired) electrons. The Balaban J connectivity index is 2.17. The molecule has 1 nitrogen and oxygen atoms in total. The van der Waals surface area contributed by atoms with Crippen molar-refractivity contribution in [2.24, 2.45) is 5.41 Å². The molecule has 2 aliphatic rings. The van der Waals surface area contributed by atoms with Gasteiger partial charge >= 0.3 is 0 Å². The highest BCUT2D eigenvalue weighted by molar-refractivity contribution is 5.04. The van der Waals surface area contributed by atoms with Crippen LogP contribution in [0, 0.1) is 5.41 Å². The van der Waals surface area contributed by atoms with Crippen molar-refractivity contribution in [2.45, 2.75) is 44.7 Å². The zero-order valence-corrected chi connectivity index (χ0v) is 8.21. The van der Waals surface area contributed by atoms with Gasteiger partial charge in [0.2, 0.25) is 0 Å². The second kappa shape index (κ2) is 2.59. The molecule has 2 saturated heterocycles. The van der Waals surface area contributed by atoms with Crippen LogP contribution in [0.25, 0.3) is 0 Å². The van der Waals surface area contributed by atoms with Gasteiger partial charge in [-0.25, -0.2) is 0 Å². The van der Waals surface area contributed by atoms with Gasteiger partial charge in [-0.05, 0) is 38.1 Å². The molecule has 0 aromatic rings. The van der Waals surface area contributed by atoms with Gasteiger partial charge in [-0.3, -0.25) is 0 Å². The van der Waals surface area contributed by atoms with Crippen molar-refractivity contribution in [1.82, 2.24) is 4.90 Å². The third-order valence-electron chi connectivity index (χ3n) is 3.88. The summed E-state index contributed by atoms with van der Waals surface area (Å²) in [6.45, 7) is 6.32. The predicted molar refractivity (Wildman–Crippen MR) is 52.1 cm³/mol. The molecule has 2 fully saturated rings. The zero-order chi connectivity index (χ0) is 8.77. The summed E-state index contributed by atoms with van der Waals surface area (Å²) in [5.74, 6) is 0. The topological polar surface area (TPSA) is 3.24 Å². The van der Waals surface area contributed by atoms with Crippen molar-refractivity contribution < 1.29 is 0 Å². The van der Waals surface area contributed by atoms with Crippen molar-refractivity contribution >= 4 is 0 Å². The molecule has 2 bridgehead atoms. The number of fused-ring (bicyclic) bond motifs is 2. The maximum Gasteiger partial charge on any atom is 0.0104 e. The molecule has 0 aromatic carbocycles. The molecule has 0 N–H and O–H groups in total. The number of hydrogen-bond donors (Lipinski definition) is 0. The van der Waals surface area contributed by atoms with Crippen LogP contribution in [0.1, 0.15) is 32.6 Å². The summed E-state index contributed by atoms with van der Waals surface area (Å²) in [7, 11) is 2.28. The highest BCUT2D eigenvalue weighted by Crippen LogP contribution is 2.44. The van der Waals surface area contributed by atoms with Crippen LogP contribution in [0.15, 0.2) is 12.7 Å². The van der Waals surface area contributed by atoms with Gasteiger partial charge in [-0.2, -0.15) is 0 Å². The first kappa shape index (κ1) is 8.31. The fourth-order valence-corrected chi connectivity index (χ4v) is 2.91. The summed E-state index contributed by atoms with van der Waals surface area (Å²) < 4.78 is 0. The molecule has 3 atom stereocenters. The molecule has 0 aromatic heterocycles. The third-order valence-corrected chi connectivity index (χ3v) is 3.88. The van der Waals surface area contributed by atoms with E-state index in [9.17, 15) is 0 Å². The van der Waals surface area contributed by atoms with Gasteiger partial charge in [-0.1, -0.05) is 13.0 Å². The number of rotatable bonds is 1. The highest BCUT2D eigenvalue weighted by Gasteiger charge is 2.42. The first-order valence-electron chi connectivity index (χ1n) is 5.00. The van der Waals surface area contributed by atoms with Crippen LogP contribution in [0.2, 0.25) is 0 Å². The van der Waals surface area contributed by atoms with E-state index in [1.165, 1.54) is 25.7 Å². The van der Waals surface area contributed by atoms with E-state index in [-0.39, 0.29) is 0 Å². The Morgan fingerprint density at radius 3 is 2.25 bits per heavy atom. The van der Waals surface area contributed by atoms with E-state index in [2.05, 4.69) is 31.5 Å². The molecule has 0 amide bonds. The Bertz CT molecular complexity index is 183. The molecule has 2 heterocycles. The number of piperidine rings is 1. The lowest BCUT2D eigenvalue weighted by molar-refractivity contribution is 0.103. The molecule has 12 heavy (non-hydrogen) atoms. The maximum absolute atomic E-state index is 3.96. The van der Waals surface area contributed by atoms with Crippen LogP contribution in [0.3, 0.4) is 0 Å². The lowest BCUT2D eigenvalue weighted by atomic mass is 9.77. The van der Waals surface area contributed by atoms with E-state index in [0.717, 1.165) is 12.1 Å². The average molecular weight is 165 g/mol. The van der Waals surface area contributed by atoms with Gasteiger partial charge in [0.05, 0.1) is 0 Å².